The van der Waals surface area contributed by atoms with E-state index in [4.69, 9.17) is 21.4 Å². The van der Waals surface area contributed by atoms with Gasteiger partial charge in [-0.25, -0.2) is 14.8 Å². The van der Waals surface area contributed by atoms with Crippen molar-refractivity contribution in [2.75, 3.05) is 12.4 Å². The molecule has 2 rings (SSSR count). The first-order valence-electron chi connectivity index (χ1n) is 5.26. The first kappa shape index (κ1) is 13.1. The quantitative estimate of drug-likeness (QED) is 0.902. The Labute approximate surface area is 114 Å². The number of hydrogen-bond donors (Lipinski definition) is 2. The number of benzene rings is 1. The maximum atomic E-state index is 10.7. The Morgan fingerprint density at radius 1 is 1.37 bits per heavy atom. The topological polar surface area (TPSA) is 84.3 Å². The maximum Gasteiger partial charge on any atom is 0.409 e. The molecule has 1 aromatic heterocycles. The third-order valence-corrected chi connectivity index (χ3v) is 2.52. The van der Waals surface area contributed by atoms with Gasteiger partial charge in [-0.3, -0.25) is 5.32 Å². The number of ether oxygens (including phenoxy) is 1. The van der Waals surface area contributed by atoms with Gasteiger partial charge in [-0.2, -0.15) is 0 Å². The number of nitrogens with one attached hydrogen (secondary N) is 1. The van der Waals surface area contributed by atoms with Crippen LogP contribution in [0.2, 0.25) is 5.02 Å². The molecule has 98 valence electrons. The van der Waals surface area contributed by atoms with E-state index in [2.05, 4.69) is 15.3 Å². The SMILES string of the molecule is COc1c(NC(=O)O)cccc1-c1ncc(Cl)cn1. The molecule has 0 radical (unpaired) electrons. The Morgan fingerprint density at radius 2 is 2.05 bits per heavy atom. The second kappa shape index (κ2) is 5.53. The highest BCUT2D eigenvalue weighted by Gasteiger charge is 2.14. The highest BCUT2D eigenvalue weighted by molar-refractivity contribution is 6.30. The minimum atomic E-state index is -1.17. The maximum absolute atomic E-state index is 10.7. The normalized spacial score (nSPS) is 10.0. The summed E-state index contributed by atoms with van der Waals surface area (Å²) in [7, 11) is 1.45. The van der Waals surface area contributed by atoms with Crippen LogP contribution in [0, 0.1) is 0 Å². The second-order valence-corrected chi connectivity index (χ2v) is 3.98. The van der Waals surface area contributed by atoms with E-state index in [1.165, 1.54) is 19.5 Å². The molecule has 0 saturated heterocycles. The van der Waals surface area contributed by atoms with E-state index in [-0.39, 0.29) is 0 Å². The number of hydrogen-bond acceptors (Lipinski definition) is 4. The van der Waals surface area contributed by atoms with E-state index >= 15 is 0 Å². The Kier molecular flexibility index (Phi) is 3.82. The van der Waals surface area contributed by atoms with Crippen molar-refractivity contribution in [3.63, 3.8) is 0 Å². The number of carbonyl (C=O) groups is 1. The zero-order valence-electron chi connectivity index (χ0n) is 9.92. The van der Waals surface area contributed by atoms with Gasteiger partial charge in [-0.05, 0) is 12.1 Å². The van der Waals surface area contributed by atoms with E-state index in [1.54, 1.807) is 18.2 Å². The molecule has 7 heteroatoms. The summed E-state index contributed by atoms with van der Waals surface area (Å²) in [6.07, 6.45) is 1.74. The summed E-state index contributed by atoms with van der Waals surface area (Å²) in [5.41, 5.74) is 0.900. The van der Waals surface area contributed by atoms with Crippen molar-refractivity contribution >= 4 is 23.4 Å². The number of rotatable bonds is 3. The number of para-hydroxylation sites is 1. The van der Waals surface area contributed by atoms with Gasteiger partial charge in [0.2, 0.25) is 0 Å². The number of carboxylic acid groups (broad SMARTS) is 1. The smallest absolute Gasteiger partial charge is 0.409 e. The fourth-order valence-electron chi connectivity index (χ4n) is 1.60. The molecule has 19 heavy (non-hydrogen) atoms. The molecular weight excluding hydrogens is 270 g/mol. The monoisotopic (exact) mass is 279 g/mol. The number of methoxy groups -OCH3 is 1. The molecule has 0 fully saturated rings. The van der Waals surface area contributed by atoms with Crippen LogP contribution in [0.3, 0.4) is 0 Å². The molecule has 1 aromatic carbocycles. The van der Waals surface area contributed by atoms with Gasteiger partial charge >= 0.3 is 6.09 Å². The van der Waals surface area contributed by atoms with E-state index < -0.39 is 6.09 Å². The number of anilines is 1. The highest BCUT2D eigenvalue weighted by atomic mass is 35.5. The molecule has 0 atom stereocenters. The first-order chi connectivity index (χ1) is 9.11. The second-order valence-electron chi connectivity index (χ2n) is 3.54. The summed E-state index contributed by atoms with van der Waals surface area (Å²) in [6.45, 7) is 0. The zero-order chi connectivity index (χ0) is 13.8. The van der Waals surface area contributed by atoms with Gasteiger partial charge in [0.25, 0.3) is 0 Å². The van der Waals surface area contributed by atoms with E-state index in [9.17, 15) is 4.79 Å². The average molecular weight is 280 g/mol. The summed E-state index contributed by atoms with van der Waals surface area (Å²) in [4.78, 5) is 18.9. The largest absolute Gasteiger partial charge is 0.494 e. The molecule has 0 aliphatic heterocycles. The van der Waals surface area contributed by atoms with E-state index in [0.717, 1.165) is 0 Å². The summed E-state index contributed by atoms with van der Waals surface area (Å²) < 4.78 is 5.22. The molecule has 0 unspecified atom stereocenters. The minimum Gasteiger partial charge on any atom is -0.494 e. The molecule has 2 aromatic rings. The van der Waals surface area contributed by atoms with Crippen LogP contribution in [0.15, 0.2) is 30.6 Å². The summed E-state index contributed by atoms with van der Waals surface area (Å²) in [6, 6.07) is 5.00. The molecule has 1 heterocycles. The van der Waals surface area contributed by atoms with Gasteiger partial charge in [0.1, 0.15) is 0 Å². The van der Waals surface area contributed by atoms with Crippen LogP contribution < -0.4 is 10.1 Å². The van der Waals surface area contributed by atoms with Crippen molar-refractivity contribution in [3.8, 4) is 17.1 Å². The lowest BCUT2D eigenvalue weighted by atomic mass is 10.1. The Hall–Kier alpha value is -2.34. The molecular formula is C12H10ClN3O3. The third kappa shape index (κ3) is 2.92. The van der Waals surface area contributed by atoms with Crippen molar-refractivity contribution < 1.29 is 14.6 Å². The third-order valence-electron chi connectivity index (χ3n) is 2.32. The Balaban J connectivity index is 2.50. The van der Waals surface area contributed by atoms with Crippen LogP contribution in [0.25, 0.3) is 11.4 Å². The number of nitrogens with zero attached hydrogens (tertiary/aromatic N) is 2. The number of halogens is 1. The predicted octanol–water partition coefficient (Wildman–Crippen LogP) is 2.90. The van der Waals surface area contributed by atoms with Gasteiger partial charge in [-0.1, -0.05) is 17.7 Å². The molecule has 6 nitrogen and oxygen atoms in total. The number of aromatic nitrogens is 2. The molecule has 0 spiro atoms. The minimum absolute atomic E-state index is 0.325. The lowest BCUT2D eigenvalue weighted by Crippen LogP contribution is -2.09. The van der Waals surface area contributed by atoms with Crippen molar-refractivity contribution in [3.05, 3.63) is 35.6 Å². The molecule has 0 aliphatic carbocycles. The fraction of sp³-hybridized carbons (Fsp3) is 0.0833. The molecule has 0 aliphatic rings. The molecule has 2 N–H and O–H groups in total. The van der Waals surface area contributed by atoms with E-state index in [1.807, 2.05) is 0 Å². The Morgan fingerprint density at radius 3 is 2.63 bits per heavy atom. The summed E-state index contributed by atoms with van der Waals surface area (Å²) in [5.74, 6) is 0.752. The predicted molar refractivity (Wildman–Crippen MR) is 70.7 cm³/mol. The van der Waals surface area contributed by atoms with Crippen molar-refractivity contribution in [1.82, 2.24) is 9.97 Å². The van der Waals surface area contributed by atoms with Gasteiger partial charge in [0, 0.05) is 12.4 Å². The van der Waals surface area contributed by atoms with Crippen molar-refractivity contribution in [1.29, 1.82) is 0 Å². The van der Waals surface area contributed by atoms with Crippen molar-refractivity contribution in [2.24, 2.45) is 0 Å². The van der Waals surface area contributed by atoms with E-state index in [0.29, 0.717) is 27.8 Å². The van der Waals surface area contributed by atoms with Crippen molar-refractivity contribution in [2.45, 2.75) is 0 Å². The van der Waals surface area contributed by atoms with Crippen LogP contribution in [-0.2, 0) is 0 Å². The summed E-state index contributed by atoms with van der Waals surface area (Å²) in [5, 5.41) is 11.4. The number of amides is 1. The van der Waals surface area contributed by atoms with Gasteiger partial charge in [0.05, 0.1) is 23.4 Å². The van der Waals surface area contributed by atoms with Crippen LogP contribution in [0.5, 0.6) is 5.75 Å². The zero-order valence-corrected chi connectivity index (χ0v) is 10.7. The Bertz CT molecular complexity index is 602. The van der Waals surface area contributed by atoms with Crippen LogP contribution in [-0.4, -0.2) is 28.3 Å². The average Bonchev–Trinajstić information content (AvgIpc) is 2.38. The van der Waals surface area contributed by atoms with Crippen LogP contribution in [0.4, 0.5) is 10.5 Å². The summed E-state index contributed by atoms with van der Waals surface area (Å²) >= 11 is 5.73. The van der Waals surface area contributed by atoms with Crippen LogP contribution in [0.1, 0.15) is 0 Å². The highest BCUT2D eigenvalue weighted by Crippen LogP contribution is 2.34. The fourth-order valence-corrected chi connectivity index (χ4v) is 1.70. The molecule has 0 saturated carbocycles. The standard InChI is InChI=1S/C12H10ClN3O3/c1-19-10-8(11-14-5-7(13)6-15-11)3-2-4-9(10)16-12(17)18/h2-6,16H,1H3,(H,17,18). The molecule has 0 bridgehead atoms. The molecule has 1 amide bonds. The first-order valence-corrected chi connectivity index (χ1v) is 5.64. The van der Waals surface area contributed by atoms with Crippen LogP contribution >= 0.6 is 11.6 Å². The lowest BCUT2D eigenvalue weighted by Gasteiger charge is -2.12. The van der Waals surface area contributed by atoms with Gasteiger partial charge < -0.3 is 9.84 Å². The van der Waals surface area contributed by atoms with Gasteiger partial charge in [0.15, 0.2) is 11.6 Å². The van der Waals surface area contributed by atoms with Gasteiger partial charge in [-0.15, -0.1) is 0 Å². The lowest BCUT2D eigenvalue weighted by molar-refractivity contribution is 0.209.